The highest BCUT2D eigenvalue weighted by atomic mass is 32.2. The van der Waals surface area contributed by atoms with E-state index in [1.54, 1.807) is 16.4 Å². The smallest absolute Gasteiger partial charge is 0.407 e. The second-order valence-corrected chi connectivity index (χ2v) is 25.0. The second kappa shape index (κ2) is 21.5. The van der Waals surface area contributed by atoms with E-state index in [1.807, 2.05) is 64.4 Å². The third-order valence-electron chi connectivity index (χ3n) is 17.0. The maximum absolute atomic E-state index is 12.9. The monoisotopic (exact) mass is 1040 g/mol. The first-order valence-electron chi connectivity index (χ1n) is 27.3. The van der Waals surface area contributed by atoms with Gasteiger partial charge in [0, 0.05) is 67.8 Å². The number of piperidine rings is 3. The fourth-order valence-corrected chi connectivity index (χ4v) is 14.8. The highest BCUT2D eigenvalue weighted by Gasteiger charge is 2.50. The summed E-state index contributed by atoms with van der Waals surface area (Å²) in [5.41, 5.74) is 16.6. The average molecular weight is 1040 g/mol. The van der Waals surface area contributed by atoms with Gasteiger partial charge < -0.3 is 31.3 Å². The summed E-state index contributed by atoms with van der Waals surface area (Å²) in [5, 5.41) is 7.82. The van der Waals surface area contributed by atoms with Gasteiger partial charge in [-0.05, 0) is 173 Å². The van der Waals surface area contributed by atoms with Gasteiger partial charge in [0.05, 0.1) is 16.3 Å². The molecule has 5 heterocycles. The van der Waals surface area contributed by atoms with E-state index in [9.17, 15) is 13.2 Å². The Morgan fingerprint density at radius 3 is 1.53 bits per heavy atom. The van der Waals surface area contributed by atoms with Gasteiger partial charge >= 0.3 is 6.09 Å². The first-order chi connectivity index (χ1) is 36.7. The number of nitrogens with two attached hydrogens (primary N) is 2. The predicted octanol–water partition coefficient (Wildman–Crippen LogP) is 9.86. The molecule has 13 rings (SSSR count). The number of carbonyl (C=O) groups is 1. The van der Waals surface area contributed by atoms with Crippen molar-refractivity contribution < 1.29 is 17.9 Å². The number of nitrogens with zero attached hydrogens (tertiary/aromatic N) is 7. The van der Waals surface area contributed by atoms with Crippen molar-refractivity contribution in [3.8, 4) is 22.5 Å². The van der Waals surface area contributed by atoms with E-state index < -0.39 is 21.7 Å². The van der Waals surface area contributed by atoms with Crippen molar-refractivity contribution in [2.75, 3.05) is 49.1 Å². The van der Waals surface area contributed by atoms with E-state index in [1.165, 1.54) is 47.2 Å². The van der Waals surface area contributed by atoms with Gasteiger partial charge in [-0.15, -0.1) is 0 Å². The number of ether oxygens (including phenoxy) is 1. The molecule has 15 heteroatoms. The summed E-state index contributed by atoms with van der Waals surface area (Å²) >= 11 is 0. The van der Waals surface area contributed by atoms with Gasteiger partial charge in [0.1, 0.15) is 5.60 Å². The van der Waals surface area contributed by atoms with Crippen LogP contribution in [0.3, 0.4) is 0 Å². The van der Waals surface area contributed by atoms with Crippen LogP contribution in [-0.4, -0.2) is 102 Å². The van der Waals surface area contributed by atoms with Gasteiger partial charge in [-0.1, -0.05) is 90.5 Å². The van der Waals surface area contributed by atoms with E-state index in [2.05, 4.69) is 110 Å². The number of hydrogen-bond acceptors (Lipinski definition) is 12. The number of aromatic nitrogens is 4. The maximum atomic E-state index is 12.9. The quantitative estimate of drug-likeness (QED) is 0.118. The lowest BCUT2D eigenvalue weighted by molar-refractivity contribution is 0.0511. The molecule has 1 unspecified atom stereocenters. The fraction of sp³-hybridized carbons (Fsp3) is 0.426. The molecule has 3 saturated carbocycles. The Kier molecular flexibility index (Phi) is 14.6. The Morgan fingerprint density at radius 1 is 0.605 bits per heavy atom. The molecule has 396 valence electrons. The second-order valence-electron chi connectivity index (χ2n) is 23.1. The number of sulfonamides is 1. The van der Waals surface area contributed by atoms with E-state index >= 15 is 0 Å². The Morgan fingerprint density at radius 2 is 1.08 bits per heavy atom. The van der Waals surface area contributed by atoms with Crippen molar-refractivity contribution in [3.63, 3.8) is 0 Å². The SMILES string of the molecule is Cc1ccc(S(=O)(=O)N2C[C@H]3C[C@@H]2CC3CNC(=O)OC(C)(C)C)cc1.NC[C@@H]1C[C@@H]2C[C@H]1CN2c1nccc(-c2ccc3ccccc3c2)n1.NC[C@H]1C[C@@H]2C[C@H]1CN2c1nccc(-c2ccc3ccccc3c2)n1. The van der Waals surface area contributed by atoms with Crippen LogP contribution in [0.15, 0.2) is 139 Å². The summed E-state index contributed by atoms with van der Waals surface area (Å²) in [4.78, 5) is 35.9. The Labute approximate surface area is 447 Å². The van der Waals surface area contributed by atoms with E-state index in [-0.39, 0.29) is 12.0 Å². The molecule has 76 heavy (non-hydrogen) atoms. The molecule has 2 aromatic heterocycles. The van der Waals surface area contributed by atoms with E-state index in [0.29, 0.717) is 59.7 Å². The predicted molar refractivity (Wildman–Crippen MR) is 302 cm³/mol. The zero-order valence-electron chi connectivity index (χ0n) is 44.2. The molecule has 3 aliphatic carbocycles. The van der Waals surface area contributed by atoms with Gasteiger partial charge in [0.15, 0.2) is 0 Å². The number of alkyl carbamates (subject to hydrolysis) is 1. The van der Waals surface area contributed by atoms with Gasteiger partial charge in [0.25, 0.3) is 0 Å². The van der Waals surface area contributed by atoms with E-state index in [4.69, 9.17) is 26.2 Å². The summed E-state index contributed by atoms with van der Waals surface area (Å²) in [6.07, 6.45) is 9.87. The number of anilines is 2. The Balaban J connectivity index is 0.000000122. The summed E-state index contributed by atoms with van der Waals surface area (Å²) in [6.45, 7) is 12.2. The lowest BCUT2D eigenvalue weighted by atomic mass is 9.95. The minimum atomic E-state index is -3.44. The van der Waals surface area contributed by atoms with Crippen LogP contribution in [0.25, 0.3) is 44.1 Å². The van der Waals surface area contributed by atoms with Crippen molar-refractivity contribution in [2.24, 2.45) is 47.0 Å². The van der Waals surface area contributed by atoms with Gasteiger partial charge in [-0.3, -0.25) is 0 Å². The Hall–Kier alpha value is -6.52. The Bertz CT molecular complexity index is 3160. The maximum Gasteiger partial charge on any atom is 0.407 e. The van der Waals surface area contributed by atoms with Crippen LogP contribution in [0.4, 0.5) is 16.7 Å². The molecule has 6 aliphatic rings. The first-order valence-corrected chi connectivity index (χ1v) is 28.8. The topological polar surface area (TPSA) is 186 Å². The molecule has 7 aromatic rings. The van der Waals surface area contributed by atoms with Crippen LogP contribution in [0.1, 0.15) is 64.9 Å². The number of amides is 1. The molecule has 9 atom stereocenters. The molecule has 1 amide bonds. The number of aryl methyl sites for hydroxylation is 1. The molecular formula is C61H72N10O4S. The fourth-order valence-electron chi connectivity index (χ4n) is 13.1. The molecule has 5 aromatic carbocycles. The number of hydrogen-bond donors (Lipinski definition) is 3. The normalized spacial score (nSPS) is 25.4. The van der Waals surface area contributed by atoms with Crippen LogP contribution >= 0.6 is 0 Å². The average Bonchev–Trinajstić information content (AvgIpc) is 4.33. The third-order valence-corrected chi connectivity index (χ3v) is 19.0. The number of carbonyl (C=O) groups excluding carboxylic acids is 1. The molecule has 14 nitrogen and oxygen atoms in total. The minimum absolute atomic E-state index is 0.0248. The number of fused-ring (bicyclic) bond motifs is 8. The minimum Gasteiger partial charge on any atom is -0.444 e. The van der Waals surface area contributed by atoms with Crippen LogP contribution in [0.5, 0.6) is 0 Å². The van der Waals surface area contributed by atoms with Crippen molar-refractivity contribution >= 4 is 49.6 Å². The molecule has 3 saturated heterocycles. The molecule has 3 aliphatic heterocycles. The molecule has 0 spiro atoms. The first kappa shape index (κ1) is 51.6. The van der Waals surface area contributed by atoms with Gasteiger partial charge in [-0.2, -0.15) is 4.31 Å². The largest absolute Gasteiger partial charge is 0.444 e. The standard InChI is InChI=1S/2C21H22N4.C19H28N2O4S/c2*22-12-17-10-19-11-18(17)13-25(19)21-23-8-7-20(24-21)16-6-5-14-3-1-2-4-15(14)9-16;1-13-5-7-17(8-6-13)26(23,24)21-12-15-10-16(21)9-14(15)11-20-18(22)25-19(2,3)4/h2*1-9,17-19H,10-13,22H2;5-8,14-16H,9-12H2,1-4H3,(H,20,22)/t17-,18+,19-;17-,18-,19+;14?,15-,16+/m101/s1. The summed E-state index contributed by atoms with van der Waals surface area (Å²) in [6, 6.07) is 42.1. The van der Waals surface area contributed by atoms with Crippen LogP contribution in [-0.2, 0) is 14.8 Å². The third kappa shape index (κ3) is 10.9. The van der Waals surface area contributed by atoms with Crippen molar-refractivity contribution in [2.45, 2.75) is 94.8 Å². The molecule has 0 radical (unpaired) electrons. The highest BCUT2D eigenvalue weighted by Crippen LogP contribution is 2.46. The van der Waals surface area contributed by atoms with Crippen molar-refractivity contribution in [1.29, 1.82) is 0 Å². The molecule has 5 N–H and O–H groups in total. The van der Waals surface area contributed by atoms with Crippen LogP contribution in [0, 0.1) is 42.4 Å². The highest BCUT2D eigenvalue weighted by molar-refractivity contribution is 7.89. The van der Waals surface area contributed by atoms with Crippen LogP contribution < -0.4 is 26.6 Å². The zero-order chi connectivity index (χ0) is 52.7. The summed E-state index contributed by atoms with van der Waals surface area (Å²) in [5.74, 6) is 5.12. The van der Waals surface area contributed by atoms with Crippen LogP contribution in [0.2, 0.25) is 0 Å². The molecule has 6 bridgehead atoms. The lowest BCUT2D eigenvalue weighted by Crippen LogP contribution is -2.43. The number of nitrogens with one attached hydrogen (secondary N) is 1. The van der Waals surface area contributed by atoms with Gasteiger partial charge in [0.2, 0.25) is 21.9 Å². The van der Waals surface area contributed by atoms with Crippen molar-refractivity contribution in [3.05, 3.63) is 139 Å². The summed E-state index contributed by atoms with van der Waals surface area (Å²) < 4.78 is 32.7. The van der Waals surface area contributed by atoms with E-state index in [0.717, 1.165) is 79.0 Å². The number of rotatable bonds is 10. The number of benzene rings is 5. The summed E-state index contributed by atoms with van der Waals surface area (Å²) in [7, 11) is -3.44. The van der Waals surface area contributed by atoms with Gasteiger partial charge in [-0.25, -0.2) is 33.1 Å². The van der Waals surface area contributed by atoms with Crippen molar-refractivity contribution in [1.82, 2.24) is 29.6 Å². The molecule has 6 fully saturated rings. The molecular weight excluding hydrogens is 969 g/mol. The lowest BCUT2D eigenvalue weighted by Gasteiger charge is -2.31. The zero-order valence-corrected chi connectivity index (χ0v) is 45.0.